The molecule has 6 nitrogen and oxygen atoms in total. The number of fused-ring (bicyclic) bond motifs is 2. The van der Waals surface area contributed by atoms with Crippen molar-refractivity contribution in [1.82, 2.24) is 10.2 Å². The Labute approximate surface area is 180 Å². The highest BCUT2D eigenvalue weighted by atomic mass is 16.5. The average molecular weight is 416 g/mol. The van der Waals surface area contributed by atoms with E-state index in [0.717, 1.165) is 43.1 Å². The molecule has 2 aliphatic carbocycles. The maximum Gasteiger partial charge on any atom is 0.255 e. The molecule has 3 fully saturated rings. The molecule has 1 aliphatic heterocycles. The van der Waals surface area contributed by atoms with Gasteiger partial charge in [0, 0.05) is 45.3 Å². The van der Waals surface area contributed by atoms with E-state index < -0.39 is 0 Å². The zero-order chi connectivity index (χ0) is 21.3. The highest BCUT2D eigenvalue weighted by Gasteiger charge is 2.42. The first-order chi connectivity index (χ1) is 14.5. The van der Waals surface area contributed by atoms with E-state index in [9.17, 15) is 4.79 Å². The summed E-state index contributed by atoms with van der Waals surface area (Å²) in [6.45, 7) is 2.08. The fraction of sp³-hybridized carbons (Fsp3) is 0.708. The summed E-state index contributed by atoms with van der Waals surface area (Å²) in [6.07, 6.45) is 9.42. The van der Waals surface area contributed by atoms with E-state index in [1.165, 1.54) is 38.5 Å². The lowest BCUT2D eigenvalue weighted by atomic mass is 9.68. The van der Waals surface area contributed by atoms with Crippen LogP contribution < -0.4 is 19.7 Å². The van der Waals surface area contributed by atoms with Crippen molar-refractivity contribution in [3.05, 3.63) is 17.7 Å². The number of rotatable bonds is 6. The number of nitrogens with one attached hydrogen (secondary N) is 1. The van der Waals surface area contributed by atoms with E-state index in [0.29, 0.717) is 17.1 Å². The van der Waals surface area contributed by atoms with Crippen molar-refractivity contribution in [2.75, 3.05) is 46.3 Å². The highest BCUT2D eigenvalue weighted by Crippen LogP contribution is 2.43. The van der Waals surface area contributed by atoms with Crippen LogP contribution in [-0.4, -0.2) is 64.3 Å². The summed E-state index contributed by atoms with van der Waals surface area (Å²) in [5.74, 6) is 2.93. The van der Waals surface area contributed by atoms with Crippen molar-refractivity contribution < 1.29 is 14.3 Å². The van der Waals surface area contributed by atoms with Gasteiger partial charge in [0.25, 0.3) is 5.91 Å². The van der Waals surface area contributed by atoms with Crippen molar-refractivity contribution in [3.63, 3.8) is 0 Å². The lowest BCUT2D eigenvalue weighted by molar-refractivity contribution is 0.0346. The summed E-state index contributed by atoms with van der Waals surface area (Å²) in [5.41, 5.74) is 1.43. The van der Waals surface area contributed by atoms with Gasteiger partial charge in [-0.05, 0) is 50.0 Å². The fourth-order valence-electron chi connectivity index (χ4n) is 6.09. The summed E-state index contributed by atoms with van der Waals surface area (Å²) in [4.78, 5) is 17.8. The van der Waals surface area contributed by atoms with Gasteiger partial charge in [-0.3, -0.25) is 9.69 Å². The number of anilines is 1. The number of carbonyl (C=O) groups is 1. The van der Waals surface area contributed by atoms with Crippen LogP contribution in [0.25, 0.3) is 0 Å². The molecular formula is C24H37N3O3. The summed E-state index contributed by atoms with van der Waals surface area (Å²) in [5, 5.41) is 3.29. The van der Waals surface area contributed by atoms with Gasteiger partial charge in [0.2, 0.25) is 0 Å². The molecule has 0 aromatic heterocycles. The van der Waals surface area contributed by atoms with E-state index in [-0.39, 0.29) is 11.9 Å². The van der Waals surface area contributed by atoms with Gasteiger partial charge in [-0.15, -0.1) is 0 Å². The minimum Gasteiger partial charge on any atom is -0.496 e. The SMILES string of the molecule is COc1cc(OC)c(N(C)C)cc1C(=O)N[C@H]1CCN(C2C3CCCC2CCC3)C1. The second-order valence-corrected chi connectivity index (χ2v) is 9.45. The Morgan fingerprint density at radius 2 is 1.63 bits per heavy atom. The molecule has 2 saturated carbocycles. The number of amides is 1. The third kappa shape index (κ3) is 4.11. The number of hydrogen-bond donors (Lipinski definition) is 1. The van der Waals surface area contributed by atoms with Crippen molar-refractivity contribution >= 4 is 11.6 Å². The predicted molar refractivity (Wildman–Crippen MR) is 120 cm³/mol. The third-order valence-electron chi connectivity index (χ3n) is 7.47. The van der Waals surface area contributed by atoms with Crippen molar-refractivity contribution in [3.8, 4) is 11.5 Å². The van der Waals surface area contributed by atoms with Gasteiger partial charge in [-0.25, -0.2) is 0 Å². The molecule has 2 bridgehead atoms. The van der Waals surface area contributed by atoms with Crippen molar-refractivity contribution in [1.29, 1.82) is 0 Å². The van der Waals surface area contributed by atoms with E-state index in [1.54, 1.807) is 20.3 Å². The first-order valence-corrected chi connectivity index (χ1v) is 11.5. The molecule has 6 heteroatoms. The van der Waals surface area contributed by atoms with E-state index >= 15 is 0 Å². The minimum atomic E-state index is -0.0618. The average Bonchev–Trinajstić information content (AvgIpc) is 3.20. The largest absolute Gasteiger partial charge is 0.496 e. The van der Waals surface area contributed by atoms with Gasteiger partial charge in [0.1, 0.15) is 11.5 Å². The second kappa shape index (κ2) is 9.04. The van der Waals surface area contributed by atoms with Crippen LogP contribution in [0.5, 0.6) is 11.5 Å². The summed E-state index contributed by atoms with van der Waals surface area (Å²) in [7, 11) is 7.12. The molecule has 4 rings (SSSR count). The van der Waals surface area contributed by atoms with Gasteiger partial charge < -0.3 is 19.7 Å². The Balaban J connectivity index is 1.45. The Kier molecular flexibility index (Phi) is 6.42. The Morgan fingerprint density at radius 1 is 1.00 bits per heavy atom. The molecule has 1 saturated heterocycles. The number of likely N-dealkylation sites (tertiary alicyclic amines) is 1. The first-order valence-electron chi connectivity index (χ1n) is 11.5. The van der Waals surface area contributed by atoms with Crippen LogP contribution in [0.3, 0.4) is 0 Å². The molecule has 1 aromatic carbocycles. The standard InChI is InChI=1S/C24H37N3O3/c1-26(2)20-13-19(21(29-3)14-22(20)30-4)24(28)25-18-11-12-27(15-18)23-16-7-5-8-17(23)10-6-9-16/h13-14,16-18,23H,5-12,15H2,1-4H3,(H,25,28)/t16?,17?,18-,23?/m0/s1. The number of methoxy groups -OCH3 is 2. The Bertz CT molecular complexity index is 744. The molecule has 1 atom stereocenters. The number of benzene rings is 1. The van der Waals surface area contributed by atoms with E-state index in [2.05, 4.69) is 10.2 Å². The number of ether oxygens (including phenoxy) is 2. The molecule has 166 valence electrons. The molecular weight excluding hydrogens is 378 g/mol. The van der Waals surface area contributed by atoms with Gasteiger partial charge >= 0.3 is 0 Å². The van der Waals surface area contributed by atoms with Crippen LogP contribution in [0.2, 0.25) is 0 Å². The summed E-state index contributed by atoms with van der Waals surface area (Å²) in [6, 6.07) is 4.61. The van der Waals surface area contributed by atoms with Crippen molar-refractivity contribution in [2.45, 2.75) is 57.0 Å². The molecule has 0 radical (unpaired) electrons. The van der Waals surface area contributed by atoms with Crippen molar-refractivity contribution in [2.24, 2.45) is 11.8 Å². The van der Waals surface area contributed by atoms with E-state index in [4.69, 9.17) is 9.47 Å². The zero-order valence-electron chi connectivity index (χ0n) is 18.9. The van der Waals surface area contributed by atoms with Crippen LogP contribution in [0, 0.1) is 11.8 Å². The molecule has 1 heterocycles. The van der Waals surface area contributed by atoms with Crippen LogP contribution in [-0.2, 0) is 0 Å². The van der Waals surface area contributed by atoms with Crippen LogP contribution in [0.1, 0.15) is 55.3 Å². The second-order valence-electron chi connectivity index (χ2n) is 9.45. The smallest absolute Gasteiger partial charge is 0.255 e. The number of carbonyl (C=O) groups excluding carboxylic acids is 1. The van der Waals surface area contributed by atoms with Gasteiger partial charge in [0.05, 0.1) is 25.5 Å². The highest BCUT2D eigenvalue weighted by molar-refractivity contribution is 5.98. The van der Waals surface area contributed by atoms with Gasteiger partial charge in [-0.2, -0.15) is 0 Å². The monoisotopic (exact) mass is 415 g/mol. The topological polar surface area (TPSA) is 54.0 Å². The summed E-state index contributed by atoms with van der Waals surface area (Å²) >= 11 is 0. The zero-order valence-corrected chi connectivity index (χ0v) is 18.9. The van der Waals surface area contributed by atoms with Crippen LogP contribution in [0.15, 0.2) is 12.1 Å². The number of nitrogens with zero attached hydrogens (tertiary/aromatic N) is 2. The van der Waals surface area contributed by atoms with Gasteiger partial charge in [0.15, 0.2) is 0 Å². The fourth-order valence-corrected chi connectivity index (χ4v) is 6.09. The molecule has 3 aliphatic rings. The molecule has 1 amide bonds. The molecule has 0 unspecified atom stereocenters. The van der Waals surface area contributed by atoms with Crippen LogP contribution in [0.4, 0.5) is 5.69 Å². The van der Waals surface area contributed by atoms with E-state index in [1.807, 2.05) is 25.1 Å². The minimum absolute atomic E-state index is 0.0618. The van der Waals surface area contributed by atoms with Crippen LogP contribution >= 0.6 is 0 Å². The molecule has 1 aromatic rings. The number of hydrogen-bond acceptors (Lipinski definition) is 5. The first kappa shape index (κ1) is 21.3. The maximum atomic E-state index is 13.2. The molecule has 0 spiro atoms. The lowest BCUT2D eigenvalue weighted by Gasteiger charge is -2.47. The maximum absolute atomic E-state index is 13.2. The molecule has 30 heavy (non-hydrogen) atoms. The quantitative estimate of drug-likeness (QED) is 0.770. The Morgan fingerprint density at radius 3 is 2.20 bits per heavy atom. The molecule has 1 N–H and O–H groups in total. The predicted octanol–water partition coefficient (Wildman–Crippen LogP) is 3.54. The summed E-state index contributed by atoms with van der Waals surface area (Å²) < 4.78 is 11.0. The lowest BCUT2D eigenvalue weighted by Crippen LogP contribution is -2.50. The third-order valence-corrected chi connectivity index (χ3v) is 7.47. The Hall–Kier alpha value is -1.95. The van der Waals surface area contributed by atoms with Gasteiger partial charge in [-0.1, -0.05) is 12.8 Å². The normalized spacial score (nSPS) is 28.8.